The van der Waals surface area contributed by atoms with Gasteiger partial charge in [0.2, 0.25) is 0 Å². The van der Waals surface area contributed by atoms with Crippen molar-refractivity contribution in [3.63, 3.8) is 0 Å². The van der Waals surface area contributed by atoms with Crippen LogP contribution in [0.25, 0.3) is 11.6 Å². The Morgan fingerprint density at radius 3 is 2.52 bits per heavy atom. The van der Waals surface area contributed by atoms with Crippen molar-refractivity contribution in [2.75, 3.05) is 0 Å². The van der Waals surface area contributed by atoms with E-state index in [9.17, 15) is 5.11 Å². The van der Waals surface area contributed by atoms with Crippen LogP contribution in [0.5, 0.6) is 11.5 Å². The van der Waals surface area contributed by atoms with E-state index < -0.39 is 0 Å². The van der Waals surface area contributed by atoms with E-state index in [0.717, 1.165) is 11.3 Å². The van der Waals surface area contributed by atoms with Crippen LogP contribution >= 0.6 is 0 Å². The van der Waals surface area contributed by atoms with Crippen LogP contribution in [-0.2, 0) is 0 Å². The molecule has 21 heavy (non-hydrogen) atoms. The van der Waals surface area contributed by atoms with Gasteiger partial charge < -0.3 is 9.84 Å². The maximum Gasteiger partial charge on any atom is 0.131 e. The van der Waals surface area contributed by atoms with Crippen molar-refractivity contribution in [1.82, 2.24) is 0 Å². The average Bonchev–Trinajstić information content (AvgIpc) is 2.45. The second-order valence-corrected chi connectivity index (χ2v) is 5.92. The number of hydrogen-bond acceptors (Lipinski definition) is 2. The molecule has 0 bridgehead atoms. The normalized spacial score (nSPS) is 21.0. The van der Waals surface area contributed by atoms with Crippen molar-refractivity contribution in [3.05, 3.63) is 59.7 Å². The fraction of sp³-hybridized carbons (Fsp3) is 0.263. The molecule has 1 unspecified atom stereocenters. The Morgan fingerprint density at radius 1 is 1.00 bits per heavy atom. The van der Waals surface area contributed by atoms with E-state index in [-0.39, 0.29) is 11.9 Å². The van der Waals surface area contributed by atoms with Crippen LogP contribution in [0.3, 0.4) is 0 Å². The summed E-state index contributed by atoms with van der Waals surface area (Å²) >= 11 is 0. The summed E-state index contributed by atoms with van der Waals surface area (Å²) in [4.78, 5) is 0. The Kier molecular flexibility index (Phi) is 2.95. The fourth-order valence-electron chi connectivity index (χ4n) is 3.17. The fourth-order valence-corrected chi connectivity index (χ4v) is 3.17. The Hall–Kier alpha value is -2.22. The first-order valence-corrected chi connectivity index (χ1v) is 7.58. The number of rotatable bonds is 2. The lowest BCUT2D eigenvalue weighted by molar-refractivity contribution is 0.126. The molecule has 1 heterocycles. The van der Waals surface area contributed by atoms with Gasteiger partial charge >= 0.3 is 0 Å². The first kappa shape index (κ1) is 12.5. The maximum absolute atomic E-state index is 9.67. The van der Waals surface area contributed by atoms with E-state index in [1.807, 2.05) is 12.1 Å². The van der Waals surface area contributed by atoms with E-state index >= 15 is 0 Å². The van der Waals surface area contributed by atoms with Crippen molar-refractivity contribution >= 4 is 11.6 Å². The topological polar surface area (TPSA) is 29.5 Å². The second kappa shape index (κ2) is 4.96. The molecule has 2 nitrogen and oxygen atoms in total. The number of fused-ring (bicyclic) bond motifs is 1. The molecule has 0 radical (unpaired) electrons. The van der Waals surface area contributed by atoms with E-state index in [1.54, 1.807) is 12.1 Å². The molecule has 106 valence electrons. The summed E-state index contributed by atoms with van der Waals surface area (Å²) in [5, 5.41) is 9.67. The van der Waals surface area contributed by atoms with Gasteiger partial charge in [-0.25, -0.2) is 0 Å². The Bertz CT molecular complexity index is 684. The molecule has 1 saturated carbocycles. The standard InChI is InChI=1S/C19H18O2/c20-16-10-9-15-11-17(13-5-2-1-3-6-13)19(14-7-4-8-14)21-18(15)12-16/h1-3,5-6,9-12,14,19-20H,4,7-8H2. The second-order valence-electron chi connectivity index (χ2n) is 5.92. The average molecular weight is 278 g/mol. The zero-order valence-corrected chi connectivity index (χ0v) is 11.8. The molecular formula is C19H18O2. The van der Waals surface area contributed by atoms with Gasteiger partial charge in [0.05, 0.1) is 0 Å². The first-order valence-electron chi connectivity index (χ1n) is 7.58. The lowest BCUT2D eigenvalue weighted by Gasteiger charge is -2.38. The summed E-state index contributed by atoms with van der Waals surface area (Å²) in [6, 6.07) is 15.8. The van der Waals surface area contributed by atoms with Crippen molar-refractivity contribution in [2.45, 2.75) is 25.4 Å². The molecule has 1 aliphatic carbocycles. The van der Waals surface area contributed by atoms with Gasteiger partial charge in [0.1, 0.15) is 17.6 Å². The third-order valence-electron chi connectivity index (χ3n) is 4.55. The Balaban J connectivity index is 1.81. The van der Waals surface area contributed by atoms with Gasteiger partial charge in [-0.3, -0.25) is 0 Å². The number of aromatic hydroxyl groups is 1. The highest BCUT2D eigenvalue weighted by Crippen LogP contribution is 2.43. The number of phenols is 1. The predicted molar refractivity (Wildman–Crippen MR) is 84.2 cm³/mol. The molecule has 2 heteroatoms. The number of phenolic OH excluding ortho intramolecular Hbond substituents is 1. The van der Waals surface area contributed by atoms with Crippen molar-refractivity contribution < 1.29 is 9.84 Å². The third-order valence-corrected chi connectivity index (χ3v) is 4.55. The van der Waals surface area contributed by atoms with E-state index in [4.69, 9.17) is 4.74 Å². The SMILES string of the molecule is Oc1ccc2c(c1)OC(C1CCC1)C(c1ccccc1)=C2. The summed E-state index contributed by atoms with van der Waals surface area (Å²) in [6.07, 6.45) is 6.07. The maximum atomic E-state index is 9.67. The minimum absolute atomic E-state index is 0.107. The molecule has 4 rings (SSSR count). The summed E-state index contributed by atoms with van der Waals surface area (Å²) in [6.45, 7) is 0. The van der Waals surface area contributed by atoms with Gasteiger partial charge in [0.25, 0.3) is 0 Å². The molecule has 2 aromatic carbocycles. The Morgan fingerprint density at radius 2 is 1.81 bits per heavy atom. The van der Waals surface area contributed by atoms with E-state index in [0.29, 0.717) is 5.92 Å². The van der Waals surface area contributed by atoms with Gasteiger partial charge in [-0.1, -0.05) is 36.8 Å². The van der Waals surface area contributed by atoms with E-state index in [2.05, 4.69) is 30.3 Å². The first-order chi connectivity index (χ1) is 10.3. The summed E-state index contributed by atoms with van der Waals surface area (Å²) in [7, 11) is 0. The van der Waals surface area contributed by atoms with Crippen molar-refractivity contribution in [3.8, 4) is 11.5 Å². The molecular weight excluding hydrogens is 260 g/mol. The minimum Gasteiger partial charge on any atom is -0.508 e. The van der Waals surface area contributed by atoms with Crippen LogP contribution in [0, 0.1) is 5.92 Å². The lowest BCUT2D eigenvalue weighted by atomic mass is 9.76. The molecule has 0 amide bonds. The van der Waals surface area contributed by atoms with Gasteiger partial charge in [0.15, 0.2) is 0 Å². The molecule has 1 atom stereocenters. The largest absolute Gasteiger partial charge is 0.508 e. The van der Waals surface area contributed by atoms with Crippen molar-refractivity contribution in [2.24, 2.45) is 5.92 Å². The zero-order chi connectivity index (χ0) is 14.2. The molecule has 0 spiro atoms. The lowest BCUT2D eigenvalue weighted by Crippen LogP contribution is -2.34. The monoisotopic (exact) mass is 278 g/mol. The highest BCUT2D eigenvalue weighted by molar-refractivity contribution is 5.87. The molecule has 2 aliphatic rings. The van der Waals surface area contributed by atoms with Gasteiger partial charge in [0, 0.05) is 23.1 Å². The smallest absolute Gasteiger partial charge is 0.131 e. The predicted octanol–water partition coefficient (Wildman–Crippen LogP) is 4.49. The summed E-state index contributed by atoms with van der Waals surface area (Å²) in [5.74, 6) is 1.65. The molecule has 0 saturated heterocycles. The summed E-state index contributed by atoms with van der Waals surface area (Å²) < 4.78 is 6.26. The quantitative estimate of drug-likeness (QED) is 0.876. The molecule has 2 aromatic rings. The number of benzene rings is 2. The van der Waals surface area contributed by atoms with Crippen LogP contribution in [0.1, 0.15) is 30.4 Å². The van der Waals surface area contributed by atoms with Crippen molar-refractivity contribution in [1.29, 1.82) is 0 Å². The van der Waals surface area contributed by atoms with E-state index in [1.165, 1.54) is 30.4 Å². The van der Waals surface area contributed by atoms with Gasteiger partial charge in [-0.05, 0) is 36.6 Å². The van der Waals surface area contributed by atoms with Crippen LogP contribution < -0.4 is 4.74 Å². The highest BCUT2D eigenvalue weighted by Gasteiger charge is 2.34. The number of hydrogen-bond donors (Lipinski definition) is 1. The van der Waals surface area contributed by atoms with Crippen LogP contribution in [-0.4, -0.2) is 11.2 Å². The molecule has 1 fully saturated rings. The van der Waals surface area contributed by atoms with Gasteiger partial charge in [-0.2, -0.15) is 0 Å². The minimum atomic E-state index is 0.107. The van der Waals surface area contributed by atoms with Crippen LogP contribution in [0.2, 0.25) is 0 Å². The van der Waals surface area contributed by atoms with Crippen LogP contribution in [0.4, 0.5) is 0 Å². The highest BCUT2D eigenvalue weighted by atomic mass is 16.5. The molecule has 0 aromatic heterocycles. The van der Waals surface area contributed by atoms with Gasteiger partial charge in [-0.15, -0.1) is 0 Å². The number of ether oxygens (including phenoxy) is 1. The Labute approximate surface area is 124 Å². The summed E-state index contributed by atoms with van der Waals surface area (Å²) in [5.41, 5.74) is 3.54. The van der Waals surface area contributed by atoms with Crippen LogP contribution in [0.15, 0.2) is 48.5 Å². The molecule has 1 aliphatic heterocycles. The molecule has 1 N–H and O–H groups in total. The third kappa shape index (κ3) is 2.21. The zero-order valence-electron chi connectivity index (χ0n) is 11.8.